The van der Waals surface area contributed by atoms with E-state index in [1.165, 1.54) is 24.6 Å². The molecule has 22 heavy (non-hydrogen) atoms. The molecule has 1 saturated heterocycles. The van der Waals surface area contributed by atoms with E-state index in [1.54, 1.807) is 0 Å². The number of amides is 1. The predicted molar refractivity (Wildman–Crippen MR) is 81.3 cm³/mol. The van der Waals surface area contributed by atoms with Gasteiger partial charge in [0.1, 0.15) is 11.6 Å². The summed E-state index contributed by atoms with van der Waals surface area (Å²) in [5.41, 5.74) is 0.185. The van der Waals surface area contributed by atoms with Crippen molar-refractivity contribution in [1.82, 2.24) is 4.90 Å². The lowest BCUT2D eigenvalue weighted by molar-refractivity contribution is -0.140. The molecule has 1 heterocycles. The highest BCUT2D eigenvalue weighted by Gasteiger charge is 2.32. The minimum atomic E-state index is -0.460. The van der Waals surface area contributed by atoms with Crippen molar-refractivity contribution < 1.29 is 13.6 Å². The third-order valence-corrected chi connectivity index (χ3v) is 5.15. The number of hydrogen-bond acceptors (Lipinski definition) is 1. The number of benzene rings is 1. The Labute approximate surface area is 130 Å². The van der Waals surface area contributed by atoms with Crippen LogP contribution < -0.4 is 0 Å². The molecule has 0 N–H and O–H groups in total. The Morgan fingerprint density at radius 2 is 1.86 bits per heavy atom. The van der Waals surface area contributed by atoms with Crippen molar-refractivity contribution in [3.63, 3.8) is 0 Å². The van der Waals surface area contributed by atoms with Gasteiger partial charge >= 0.3 is 0 Å². The van der Waals surface area contributed by atoms with E-state index in [4.69, 9.17) is 0 Å². The van der Waals surface area contributed by atoms with Gasteiger partial charge in [0.05, 0.1) is 0 Å². The number of rotatable bonds is 4. The van der Waals surface area contributed by atoms with Crippen LogP contribution in [0.2, 0.25) is 0 Å². The molecule has 4 heteroatoms. The zero-order chi connectivity index (χ0) is 15.5. The Kier molecular flexibility index (Phi) is 4.74. The molecule has 0 spiro atoms. The van der Waals surface area contributed by atoms with E-state index >= 15 is 0 Å². The topological polar surface area (TPSA) is 20.3 Å². The average Bonchev–Trinajstić information content (AvgIpc) is 2.45. The predicted octanol–water partition coefficient (Wildman–Crippen LogP) is 3.94. The standard InChI is InChI=1S/C18H23F2NO/c19-16-7-2-8-17(20)15(16)10-9-13-4-3-11-21(12-13)18(22)14-5-1-6-14/h2,7-8,13-14H,1,3-6,9-12H2. The van der Waals surface area contributed by atoms with Crippen LogP contribution in [0.25, 0.3) is 0 Å². The molecular weight excluding hydrogens is 284 g/mol. The molecule has 0 aromatic heterocycles. The molecule has 2 fully saturated rings. The second-order valence-electron chi connectivity index (χ2n) is 6.66. The van der Waals surface area contributed by atoms with Gasteiger partial charge in [-0.1, -0.05) is 12.5 Å². The molecule has 2 nitrogen and oxygen atoms in total. The summed E-state index contributed by atoms with van der Waals surface area (Å²) in [5, 5.41) is 0. The van der Waals surface area contributed by atoms with Crippen molar-refractivity contribution in [2.45, 2.75) is 44.9 Å². The van der Waals surface area contributed by atoms with Crippen LogP contribution in [0.15, 0.2) is 18.2 Å². The second kappa shape index (κ2) is 6.76. The molecule has 1 atom stereocenters. The first-order valence-corrected chi connectivity index (χ1v) is 8.37. The van der Waals surface area contributed by atoms with E-state index in [-0.39, 0.29) is 11.5 Å². The van der Waals surface area contributed by atoms with Gasteiger partial charge in [-0.15, -0.1) is 0 Å². The van der Waals surface area contributed by atoms with Gasteiger partial charge in [0, 0.05) is 24.6 Å². The molecule has 0 bridgehead atoms. The molecule has 3 rings (SSSR count). The Bertz CT molecular complexity index is 522. The third kappa shape index (κ3) is 3.31. The normalized spacial score (nSPS) is 22.5. The largest absolute Gasteiger partial charge is 0.342 e. The molecular formula is C18H23F2NO. The van der Waals surface area contributed by atoms with Gasteiger partial charge in [-0.2, -0.15) is 0 Å². The molecule has 1 aliphatic heterocycles. The molecule has 1 unspecified atom stereocenters. The van der Waals surface area contributed by atoms with E-state index in [9.17, 15) is 13.6 Å². The Morgan fingerprint density at radius 3 is 2.50 bits per heavy atom. The van der Waals surface area contributed by atoms with E-state index < -0.39 is 11.6 Å². The zero-order valence-corrected chi connectivity index (χ0v) is 12.9. The maximum absolute atomic E-state index is 13.7. The van der Waals surface area contributed by atoms with Gasteiger partial charge in [-0.05, 0) is 56.6 Å². The highest BCUT2D eigenvalue weighted by atomic mass is 19.1. The highest BCUT2D eigenvalue weighted by Crippen LogP contribution is 2.31. The number of nitrogens with zero attached hydrogens (tertiary/aromatic N) is 1. The monoisotopic (exact) mass is 307 g/mol. The highest BCUT2D eigenvalue weighted by molar-refractivity contribution is 5.79. The van der Waals surface area contributed by atoms with Crippen molar-refractivity contribution in [3.05, 3.63) is 35.4 Å². The first kappa shape index (κ1) is 15.4. The lowest BCUT2D eigenvalue weighted by atomic mass is 9.83. The summed E-state index contributed by atoms with van der Waals surface area (Å²) in [5.74, 6) is -0.0241. The molecule has 1 aromatic carbocycles. The maximum Gasteiger partial charge on any atom is 0.225 e. The van der Waals surface area contributed by atoms with Crippen molar-refractivity contribution in [1.29, 1.82) is 0 Å². The number of halogens is 2. The summed E-state index contributed by atoms with van der Waals surface area (Å²) in [6, 6.07) is 4.02. The summed E-state index contributed by atoms with van der Waals surface area (Å²) in [6.07, 6.45) is 6.43. The molecule has 1 saturated carbocycles. The lowest BCUT2D eigenvalue weighted by Crippen LogP contribution is -2.44. The first-order chi connectivity index (χ1) is 10.6. The molecule has 120 valence electrons. The Hall–Kier alpha value is -1.45. The molecule has 1 aliphatic carbocycles. The second-order valence-corrected chi connectivity index (χ2v) is 6.66. The van der Waals surface area contributed by atoms with Gasteiger partial charge in [0.2, 0.25) is 5.91 Å². The summed E-state index contributed by atoms with van der Waals surface area (Å²) < 4.78 is 27.3. The maximum atomic E-state index is 13.7. The Balaban J connectivity index is 1.55. The fraction of sp³-hybridized carbons (Fsp3) is 0.611. The van der Waals surface area contributed by atoms with Crippen LogP contribution in [0, 0.1) is 23.5 Å². The van der Waals surface area contributed by atoms with E-state index in [0.717, 1.165) is 45.2 Å². The SMILES string of the molecule is O=C(C1CCC1)N1CCCC(CCc2c(F)cccc2F)C1. The van der Waals surface area contributed by atoms with Crippen molar-refractivity contribution in [2.75, 3.05) is 13.1 Å². The van der Waals surface area contributed by atoms with Crippen LogP contribution in [0.4, 0.5) is 8.78 Å². The average molecular weight is 307 g/mol. The Morgan fingerprint density at radius 1 is 1.14 bits per heavy atom. The van der Waals surface area contributed by atoms with Crippen molar-refractivity contribution in [3.8, 4) is 0 Å². The number of carbonyl (C=O) groups excluding carboxylic acids is 1. The quantitative estimate of drug-likeness (QED) is 0.825. The van der Waals surface area contributed by atoms with Crippen molar-refractivity contribution in [2.24, 2.45) is 11.8 Å². The van der Waals surface area contributed by atoms with E-state index in [1.807, 2.05) is 4.90 Å². The number of piperidine rings is 1. The minimum absolute atomic E-state index is 0.185. The van der Waals surface area contributed by atoms with E-state index in [0.29, 0.717) is 18.2 Å². The number of likely N-dealkylation sites (tertiary alicyclic amines) is 1. The third-order valence-electron chi connectivity index (χ3n) is 5.15. The lowest BCUT2D eigenvalue weighted by Gasteiger charge is -2.37. The fourth-order valence-corrected chi connectivity index (χ4v) is 3.53. The summed E-state index contributed by atoms with van der Waals surface area (Å²) >= 11 is 0. The number of carbonyl (C=O) groups is 1. The van der Waals surface area contributed by atoms with Gasteiger partial charge in [0.15, 0.2) is 0 Å². The van der Waals surface area contributed by atoms with Crippen LogP contribution >= 0.6 is 0 Å². The van der Waals surface area contributed by atoms with Gasteiger partial charge in [-0.25, -0.2) is 8.78 Å². The summed E-state index contributed by atoms with van der Waals surface area (Å²) in [7, 11) is 0. The molecule has 2 aliphatic rings. The van der Waals surface area contributed by atoms with Gasteiger partial charge in [0.25, 0.3) is 0 Å². The van der Waals surface area contributed by atoms with Crippen molar-refractivity contribution >= 4 is 5.91 Å². The molecule has 1 aromatic rings. The van der Waals surface area contributed by atoms with E-state index in [2.05, 4.69) is 0 Å². The smallest absolute Gasteiger partial charge is 0.225 e. The first-order valence-electron chi connectivity index (χ1n) is 8.37. The molecule has 0 radical (unpaired) electrons. The zero-order valence-electron chi connectivity index (χ0n) is 12.9. The van der Waals surface area contributed by atoms with Gasteiger partial charge in [-0.3, -0.25) is 4.79 Å². The fourth-order valence-electron chi connectivity index (χ4n) is 3.53. The van der Waals surface area contributed by atoms with Crippen LogP contribution in [0.5, 0.6) is 0 Å². The number of hydrogen-bond donors (Lipinski definition) is 0. The molecule has 1 amide bonds. The van der Waals surface area contributed by atoms with Crippen LogP contribution in [0.1, 0.15) is 44.1 Å². The van der Waals surface area contributed by atoms with Crippen LogP contribution in [-0.4, -0.2) is 23.9 Å². The van der Waals surface area contributed by atoms with Crippen LogP contribution in [0.3, 0.4) is 0 Å². The van der Waals surface area contributed by atoms with Gasteiger partial charge < -0.3 is 4.90 Å². The summed E-state index contributed by atoms with van der Waals surface area (Å²) in [6.45, 7) is 1.60. The minimum Gasteiger partial charge on any atom is -0.342 e. The van der Waals surface area contributed by atoms with Crippen LogP contribution in [-0.2, 0) is 11.2 Å². The summed E-state index contributed by atoms with van der Waals surface area (Å²) in [4.78, 5) is 14.3.